The lowest BCUT2D eigenvalue weighted by atomic mass is 10.1. The molecular formula is C14H18NO4-. The summed E-state index contributed by atoms with van der Waals surface area (Å²) in [4.78, 5) is 22.5. The van der Waals surface area contributed by atoms with E-state index in [4.69, 9.17) is 4.74 Å². The number of carbonyl (C=O) groups is 2. The smallest absolute Gasteiger partial charge is 0.340 e. The van der Waals surface area contributed by atoms with Crippen LogP contribution >= 0.6 is 0 Å². The molecule has 104 valence electrons. The minimum atomic E-state index is -1.30. The fourth-order valence-corrected chi connectivity index (χ4v) is 2.20. The molecule has 0 saturated heterocycles. The zero-order chi connectivity index (χ0) is 14.6. The van der Waals surface area contributed by atoms with E-state index in [2.05, 4.69) is 0 Å². The summed E-state index contributed by atoms with van der Waals surface area (Å²) in [6.07, 6.45) is 2.31. The van der Waals surface area contributed by atoms with Crippen LogP contribution in [0.4, 0.5) is 0 Å². The number of carboxylic acid groups (broad SMARTS) is 1. The topological polar surface area (TPSA) is 71.4 Å². The van der Waals surface area contributed by atoms with Crippen LogP contribution in [0, 0.1) is 13.8 Å². The standard InChI is InChI=1S/C14H19NO4/c1-5-15-9(3)11(7-8-12(16)17)13(10(15)4)14(18)19-6-2/h7-8H,5-6H2,1-4H3,(H,16,17)/p-1/b8-7+. The van der Waals surface area contributed by atoms with Crippen molar-refractivity contribution in [2.75, 3.05) is 6.61 Å². The molecule has 0 bridgehead atoms. The van der Waals surface area contributed by atoms with E-state index in [9.17, 15) is 14.7 Å². The lowest BCUT2D eigenvalue weighted by Gasteiger charge is -2.05. The highest BCUT2D eigenvalue weighted by Gasteiger charge is 2.21. The molecule has 0 amide bonds. The van der Waals surface area contributed by atoms with E-state index in [1.807, 2.05) is 25.3 Å². The summed E-state index contributed by atoms with van der Waals surface area (Å²) in [6, 6.07) is 0. The number of carboxylic acids is 1. The van der Waals surface area contributed by atoms with Gasteiger partial charge in [-0.1, -0.05) is 6.08 Å². The lowest BCUT2D eigenvalue weighted by Crippen LogP contribution is -2.18. The number of carbonyl (C=O) groups excluding carboxylic acids is 2. The molecule has 0 aliphatic rings. The third-order valence-electron chi connectivity index (χ3n) is 3.01. The maximum absolute atomic E-state index is 12.0. The second-order valence-electron chi connectivity index (χ2n) is 4.08. The van der Waals surface area contributed by atoms with E-state index in [1.165, 1.54) is 6.08 Å². The van der Waals surface area contributed by atoms with Crippen molar-refractivity contribution in [2.24, 2.45) is 0 Å². The first-order chi connectivity index (χ1) is 8.93. The molecule has 0 aliphatic carbocycles. The van der Waals surface area contributed by atoms with Gasteiger partial charge < -0.3 is 19.2 Å². The molecule has 5 nitrogen and oxygen atoms in total. The van der Waals surface area contributed by atoms with Crippen LogP contribution in [0.3, 0.4) is 0 Å². The summed E-state index contributed by atoms with van der Waals surface area (Å²) in [5, 5.41) is 10.5. The van der Waals surface area contributed by atoms with E-state index >= 15 is 0 Å². The normalized spacial score (nSPS) is 10.9. The van der Waals surface area contributed by atoms with Crippen LogP contribution in [0.5, 0.6) is 0 Å². The van der Waals surface area contributed by atoms with Crippen LogP contribution in [-0.4, -0.2) is 23.1 Å². The maximum Gasteiger partial charge on any atom is 0.340 e. The summed E-state index contributed by atoms with van der Waals surface area (Å²) in [6.45, 7) is 8.32. The van der Waals surface area contributed by atoms with Crippen LogP contribution in [0.15, 0.2) is 6.08 Å². The predicted molar refractivity (Wildman–Crippen MR) is 69.6 cm³/mol. The average molecular weight is 264 g/mol. The number of esters is 1. The largest absolute Gasteiger partial charge is 0.545 e. The maximum atomic E-state index is 12.0. The number of ether oxygens (including phenoxy) is 1. The number of hydrogen-bond donors (Lipinski definition) is 0. The molecule has 0 atom stereocenters. The highest BCUT2D eigenvalue weighted by Crippen LogP contribution is 2.24. The molecule has 1 aromatic rings. The van der Waals surface area contributed by atoms with Crippen molar-refractivity contribution in [1.82, 2.24) is 4.57 Å². The molecule has 0 unspecified atom stereocenters. The Morgan fingerprint density at radius 2 is 1.89 bits per heavy atom. The summed E-state index contributed by atoms with van der Waals surface area (Å²) in [5.74, 6) is -1.73. The Hall–Kier alpha value is -2.04. The Labute approximate surface area is 112 Å². The van der Waals surface area contributed by atoms with Gasteiger partial charge in [0.05, 0.1) is 18.1 Å². The zero-order valence-electron chi connectivity index (χ0n) is 11.6. The highest BCUT2D eigenvalue weighted by atomic mass is 16.5. The molecule has 0 N–H and O–H groups in total. The van der Waals surface area contributed by atoms with Crippen molar-refractivity contribution >= 4 is 18.0 Å². The van der Waals surface area contributed by atoms with E-state index in [0.717, 1.165) is 17.5 Å². The first-order valence-corrected chi connectivity index (χ1v) is 6.19. The first-order valence-electron chi connectivity index (χ1n) is 6.19. The second-order valence-corrected chi connectivity index (χ2v) is 4.08. The molecule has 0 aliphatic heterocycles. The van der Waals surface area contributed by atoms with E-state index in [-0.39, 0.29) is 6.61 Å². The summed E-state index contributed by atoms with van der Waals surface area (Å²) >= 11 is 0. The van der Waals surface area contributed by atoms with Crippen LogP contribution in [0.1, 0.15) is 41.2 Å². The van der Waals surface area contributed by atoms with Gasteiger partial charge in [-0.2, -0.15) is 0 Å². The van der Waals surface area contributed by atoms with Crippen molar-refractivity contribution in [3.8, 4) is 0 Å². The quantitative estimate of drug-likeness (QED) is 0.589. The van der Waals surface area contributed by atoms with Gasteiger partial charge in [0.25, 0.3) is 0 Å². The summed E-state index contributed by atoms with van der Waals surface area (Å²) < 4.78 is 6.97. The number of aromatic nitrogens is 1. The molecular weight excluding hydrogens is 246 g/mol. The highest BCUT2D eigenvalue weighted by molar-refractivity contribution is 5.97. The number of hydrogen-bond acceptors (Lipinski definition) is 4. The van der Waals surface area contributed by atoms with Gasteiger partial charge in [0, 0.05) is 23.5 Å². The molecule has 0 fully saturated rings. The van der Waals surface area contributed by atoms with Crippen LogP contribution in [0.25, 0.3) is 6.08 Å². The zero-order valence-corrected chi connectivity index (χ0v) is 11.6. The van der Waals surface area contributed by atoms with Crippen LogP contribution in [-0.2, 0) is 16.1 Å². The monoisotopic (exact) mass is 264 g/mol. The molecule has 1 rings (SSSR count). The lowest BCUT2D eigenvalue weighted by molar-refractivity contribution is -0.297. The Morgan fingerprint density at radius 3 is 2.37 bits per heavy atom. The van der Waals surface area contributed by atoms with Crippen molar-refractivity contribution < 1.29 is 19.4 Å². The molecule has 0 radical (unpaired) electrons. The van der Waals surface area contributed by atoms with Gasteiger partial charge in [-0.25, -0.2) is 4.79 Å². The SMILES string of the molecule is CCOC(=O)c1c(/C=C/C(=O)[O-])c(C)n(CC)c1C. The molecule has 0 saturated carbocycles. The minimum absolute atomic E-state index is 0.276. The summed E-state index contributed by atoms with van der Waals surface area (Å²) in [5.41, 5.74) is 2.60. The van der Waals surface area contributed by atoms with Gasteiger partial charge in [-0.15, -0.1) is 0 Å². The molecule has 0 aromatic carbocycles. The van der Waals surface area contributed by atoms with Crippen molar-refractivity contribution in [3.05, 3.63) is 28.6 Å². The number of nitrogens with zero attached hydrogens (tertiary/aromatic N) is 1. The predicted octanol–water partition coefficient (Wildman–Crippen LogP) is 1.06. The van der Waals surface area contributed by atoms with E-state index in [1.54, 1.807) is 6.92 Å². The molecule has 19 heavy (non-hydrogen) atoms. The van der Waals surface area contributed by atoms with Gasteiger partial charge in [-0.3, -0.25) is 0 Å². The van der Waals surface area contributed by atoms with Gasteiger partial charge in [0.15, 0.2) is 0 Å². The van der Waals surface area contributed by atoms with E-state index in [0.29, 0.717) is 17.7 Å². The Kier molecular flexibility index (Phi) is 4.92. The first kappa shape index (κ1) is 15.0. The van der Waals surface area contributed by atoms with Crippen molar-refractivity contribution in [1.29, 1.82) is 0 Å². The molecule has 5 heteroatoms. The van der Waals surface area contributed by atoms with Gasteiger partial charge in [0.1, 0.15) is 0 Å². The number of rotatable bonds is 5. The van der Waals surface area contributed by atoms with Crippen molar-refractivity contribution in [2.45, 2.75) is 34.2 Å². The van der Waals surface area contributed by atoms with Gasteiger partial charge >= 0.3 is 5.97 Å². The van der Waals surface area contributed by atoms with E-state index < -0.39 is 11.9 Å². The Balaban J connectivity index is 3.41. The van der Waals surface area contributed by atoms with Crippen LogP contribution < -0.4 is 5.11 Å². The van der Waals surface area contributed by atoms with Crippen LogP contribution in [0.2, 0.25) is 0 Å². The summed E-state index contributed by atoms with van der Waals surface area (Å²) in [7, 11) is 0. The molecule has 1 heterocycles. The third-order valence-corrected chi connectivity index (χ3v) is 3.01. The fraction of sp³-hybridized carbons (Fsp3) is 0.429. The molecule has 1 aromatic heterocycles. The second kappa shape index (κ2) is 6.22. The number of aliphatic carboxylic acids is 1. The Morgan fingerprint density at radius 1 is 1.26 bits per heavy atom. The minimum Gasteiger partial charge on any atom is -0.545 e. The van der Waals surface area contributed by atoms with Gasteiger partial charge in [0.2, 0.25) is 0 Å². The van der Waals surface area contributed by atoms with Crippen molar-refractivity contribution in [3.63, 3.8) is 0 Å². The fourth-order valence-electron chi connectivity index (χ4n) is 2.20. The molecule has 0 spiro atoms. The average Bonchev–Trinajstić information content (AvgIpc) is 2.58. The van der Waals surface area contributed by atoms with Gasteiger partial charge in [-0.05, 0) is 33.8 Å². The Bertz CT molecular complexity index is 526. The third kappa shape index (κ3) is 3.05.